The second-order valence-corrected chi connectivity index (χ2v) is 1.92. The summed E-state index contributed by atoms with van der Waals surface area (Å²) in [5.74, 6) is 0.206. The molecule has 0 saturated carbocycles. The quantitative estimate of drug-likeness (QED) is 0.708. The molecule has 1 aromatic carbocycles. The molecule has 1 N–H and O–H groups in total. The van der Waals surface area contributed by atoms with Crippen LogP contribution in [0.3, 0.4) is 0 Å². The maximum atomic E-state index is 8.73. The number of phenols is 1. The van der Waals surface area contributed by atoms with Crippen LogP contribution in [0.25, 0.3) is 0 Å². The van der Waals surface area contributed by atoms with E-state index in [1.165, 1.54) is 6.07 Å². The summed E-state index contributed by atoms with van der Waals surface area (Å²) < 4.78 is 0. The normalized spacial score (nSPS) is 8.11. The number of aromatic hydroxyl groups is 1. The molecule has 0 amide bonds. The Balaban J connectivity index is 0.000000640. The SMILES string of the molecule is I.Oc1cccc(Cl)c1. The lowest BCUT2D eigenvalue weighted by Gasteiger charge is -1.88. The van der Waals surface area contributed by atoms with Crippen LogP contribution >= 0.6 is 35.6 Å². The maximum Gasteiger partial charge on any atom is 0.117 e. The molecule has 9 heavy (non-hydrogen) atoms. The van der Waals surface area contributed by atoms with E-state index in [1.807, 2.05) is 0 Å². The maximum absolute atomic E-state index is 8.73. The third kappa shape index (κ3) is 2.91. The Labute approximate surface area is 75.7 Å². The molecule has 0 aliphatic rings. The zero-order valence-corrected chi connectivity index (χ0v) is 7.63. The minimum absolute atomic E-state index is 0. The predicted molar refractivity (Wildman–Crippen MR) is 48.5 cm³/mol. The van der Waals surface area contributed by atoms with Gasteiger partial charge in [-0.25, -0.2) is 0 Å². The van der Waals surface area contributed by atoms with E-state index in [9.17, 15) is 0 Å². The number of halogens is 2. The van der Waals surface area contributed by atoms with Crippen LogP contribution in [-0.4, -0.2) is 5.11 Å². The number of hydrogen-bond acceptors (Lipinski definition) is 1. The average Bonchev–Trinajstić information content (AvgIpc) is 1.64. The van der Waals surface area contributed by atoms with Gasteiger partial charge in [0, 0.05) is 5.02 Å². The van der Waals surface area contributed by atoms with Gasteiger partial charge in [-0.15, -0.1) is 24.0 Å². The summed E-state index contributed by atoms with van der Waals surface area (Å²) in [5.41, 5.74) is 0. The van der Waals surface area contributed by atoms with Crippen LogP contribution in [0.15, 0.2) is 24.3 Å². The number of hydrogen-bond donors (Lipinski definition) is 1. The van der Waals surface area contributed by atoms with Crippen molar-refractivity contribution >= 4 is 35.6 Å². The number of phenolic OH excluding ortho intramolecular Hbond substituents is 1. The fourth-order valence-electron chi connectivity index (χ4n) is 0.476. The van der Waals surface area contributed by atoms with E-state index in [0.717, 1.165) is 0 Å². The molecule has 0 bridgehead atoms. The molecule has 0 heterocycles. The van der Waals surface area contributed by atoms with Crippen molar-refractivity contribution in [2.24, 2.45) is 0 Å². The van der Waals surface area contributed by atoms with Gasteiger partial charge in [-0.1, -0.05) is 17.7 Å². The molecule has 0 aromatic heterocycles. The van der Waals surface area contributed by atoms with E-state index in [-0.39, 0.29) is 29.7 Å². The molecule has 1 aromatic rings. The van der Waals surface area contributed by atoms with Crippen LogP contribution < -0.4 is 0 Å². The van der Waals surface area contributed by atoms with Gasteiger partial charge in [-0.2, -0.15) is 0 Å². The lowest BCUT2D eigenvalue weighted by Crippen LogP contribution is -1.61. The second-order valence-electron chi connectivity index (χ2n) is 1.48. The van der Waals surface area contributed by atoms with Gasteiger partial charge in [0.1, 0.15) is 5.75 Å². The third-order valence-electron chi connectivity index (χ3n) is 0.808. The summed E-state index contributed by atoms with van der Waals surface area (Å²) in [6, 6.07) is 6.46. The minimum Gasteiger partial charge on any atom is -0.508 e. The van der Waals surface area contributed by atoms with Crippen molar-refractivity contribution in [1.29, 1.82) is 0 Å². The molecular weight excluding hydrogens is 250 g/mol. The Morgan fingerprint density at radius 1 is 1.33 bits per heavy atom. The standard InChI is InChI=1S/C6H5ClO.HI/c7-5-2-1-3-6(8)4-5;/h1-4,8H;1H. The van der Waals surface area contributed by atoms with Crippen molar-refractivity contribution in [3.8, 4) is 5.75 Å². The van der Waals surface area contributed by atoms with E-state index in [2.05, 4.69) is 0 Å². The van der Waals surface area contributed by atoms with Crippen LogP contribution in [-0.2, 0) is 0 Å². The highest BCUT2D eigenvalue weighted by molar-refractivity contribution is 14.0. The van der Waals surface area contributed by atoms with Crippen LogP contribution in [0.5, 0.6) is 5.75 Å². The summed E-state index contributed by atoms with van der Waals surface area (Å²) in [7, 11) is 0. The summed E-state index contributed by atoms with van der Waals surface area (Å²) in [4.78, 5) is 0. The topological polar surface area (TPSA) is 20.2 Å². The fraction of sp³-hybridized carbons (Fsp3) is 0. The van der Waals surface area contributed by atoms with Crippen molar-refractivity contribution < 1.29 is 5.11 Å². The minimum atomic E-state index is 0. The first kappa shape index (κ1) is 9.04. The van der Waals surface area contributed by atoms with Gasteiger partial charge < -0.3 is 5.11 Å². The third-order valence-corrected chi connectivity index (χ3v) is 1.04. The first-order chi connectivity index (χ1) is 3.79. The molecule has 0 fully saturated rings. The lowest BCUT2D eigenvalue weighted by atomic mass is 10.3. The Morgan fingerprint density at radius 3 is 2.33 bits per heavy atom. The molecule has 50 valence electrons. The van der Waals surface area contributed by atoms with Crippen LogP contribution in [0, 0.1) is 0 Å². The van der Waals surface area contributed by atoms with Gasteiger partial charge in [-0.05, 0) is 18.2 Å². The van der Waals surface area contributed by atoms with Crippen molar-refractivity contribution in [3.05, 3.63) is 29.3 Å². The zero-order chi connectivity index (χ0) is 5.98. The smallest absolute Gasteiger partial charge is 0.117 e. The van der Waals surface area contributed by atoms with Gasteiger partial charge >= 0.3 is 0 Å². The largest absolute Gasteiger partial charge is 0.508 e. The Morgan fingerprint density at radius 2 is 2.00 bits per heavy atom. The Bertz CT molecular complexity index is 173. The second kappa shape index (κ2) is 3.95. The first-order valence-corrected chi connectivity index (χ1v) is 2.61. The predicted octanol–water partition coefficient (Wildman–Crippen LogP) is 2.66. The molecule has 0 saturated heterocycles. The fourth-order valence-corrected chi connectivity index (χ4v) is 0.661. The highest BCUT2D eigenvalue weighted by Crippen LogP contribution is 2.14. The van der Waals surface area contributed by atoms with Crippen molar-refractivity contribution in [3.63, 3.8) is 0 Å². The van der Waals surface area contributed by atoms with E-state index >= 15 is 0 Å². The molecule has 0 atom stereocenters. The molecule has 0 spiro atoms. The zero-order valence-electron chi connectivity index (χ0n) is 4.54. The van der Waals surface area contributed by atoms with E-state index in [4.69, 9.17) is 16.7 Å². The van der Waals surface area contributed by atoms with Gasteiger partial charge in [0.25, 0.3) is 0 Å². The summed E-state index contributed by atoms with van der Waals surface area (Å²) in [6.45, 7) is 0. The molecule has 0 aliphatic carbocycles. The summed E-state index contributed by atoms with van der Waals surface area (Å²) in [6.07, 6.45) is 0. The molecule has 0 aliphatic heterocycles. The summed E-state index contributed by atoms with van der Waals surface area (Å²) in [5, 5.41) is 9.29. The van der Waals surface area contributed by atoms with Gasteiger partial charge in [0.15, 0.2) is 0 Å². The van der Waals surface area contributed by atoms with Crippen molar-refractivity contribution in [1.82, 2.24) is 0 Å². The van der Waals surface area contributed by atoms with Crippen molar-refractivity contribution in [2.75, 3.05) is 0 Å². The van der Waals surface area contributed by atoms with E-state index in [1.54, 1.807) is 18.2 Å². The van der Waals surface area contributed by atoms with Gasteiger partial charge in [-0.3, -0.25) is 0 Å². The van der Waals surface area contributed by atoms with Gasteiger partial charge in [0.2, 0.25) is 0 Å². The van der Waals surface area contributed by atoms with Crippen molar-refractivity contribution in [2.45, 2.75) is 0 Å². The molecule has 1 rings (SSSR count). The monoisotopic (exact) mass is 256 g/mol. The first-order valence-electron chi connectivity index (χ1n) is 2.23. The molecule has 1 nitrogen and oxygen atoms in total. The highest BCUT2D eigenvalue weighted by Gasteiger charge is 1.85. The molecule has 0 unspecified atom stereocenters. The molecule has 3 heteroatoms. The molecular formula is C6H6ClIO. The van der Waals surface area contributed by atoms with Crippen LogP contribution in [0.4, 0.5) is 0 Å². The van der Waals surface area contributed by atoms with Gasteiger partial charge in [0.05, 0.1) is 0 Å². The van der Waals surface area contributed by atoms with E-state index < -0.39 is 0 Å². The number of rotatable bonds is 0. The average molecular weight is 256 g/mol. The van der Waals surface area contributed by atoms with Crippen LogP contribution in [0.2, 0.25) is 5.02 Å². The number of benzene rings is 1. The Hall–Kier alpha value is 0.0400. The highest BCUT2D eigenvalue weighted by atomic mass is 127. The lowest BCUT2D eigenvalue weighted by molar-refractivity contribution is 0.475. The van der Waals surface area contributed by atoms with E-state index in [0.29, 0.717) is 5.02 Å². The van der Waals surface area contributed by atoms with Crippen LogP contribution in [0.1, 0.15) is 0 Å². The molecule has 0 radical (unpaired) electrons. The Kier molecular flexibility index (Phi) is 3.97. The summed E-state index contributed by atoms with van der Waals surface area (Å²) >= 11 is 5.48.